The van der Waals surface area contributed by atoms with Crippen molar-refractivity contribution in [3.8, 4) is 0 Å². The number of carbonyl (C=O) groups is 4. The van der Waals surface area contributed by atoms with E-state index in [1.54, 1.807) is 33.8 Å². The van der Waals surface area contributed by atoms with E-state index in [-0.39, 0.29) is 24.2 Å². The molecule has 0 radical (unpaired) electrons. The van der Waals surface area contributed by atoms with Gasteiger partial charge in [0.05, 0.1) is 11.5 Å². The molecular weight excluding hydrogens is 472 g/mol. The van der Waals surface area contributed by atoms with Crippen LogP contribution in [0.1, 0.15) is 47.5 Å². The number of esters is 3. The maximum Gasteiger partial charge on any atom is 0.339 e. The first-order valence-electron chi connectivity index (χ1n) is 12.3. The van der Waals surface area contributed by atoms with Crippen LogP contribution in [0, 0.1) is 28.1 Å². The van der Waals surface area contributed by atoms with E-state index in [9.17, 15) is 29.4 Å². The van der Waals surface area contributed by atoms with Gasteiger partial charge in [-0.2, -0.15) is 0 Å². The van der Waals surface area contributed by atoms with Gasteiger partial charge in [0.15, 0.2) is 6.10 Å². The zero-order valence-corrected chi connectivity index (χ0v) is 20.8. The van der Waals surface area contributed by atoms with Crippen LogP contribution in [0.5, 0.6) is 0 Å². The zero-order chi connectivity index (χ0) is 26.2. The van der Waals surface area contributed by atoms with Gasteiger partial charge in [-0.25, -0.2) is 14.4 Å². The first-order valence-corrected chi connectivity index (χ1v) is 12.3. The van der Waals surface area contributed by atoms with E-state index < -0.39 is 81.8 Å². The molecule has 2 aliphatic carbocycles. The van der Waals surface area contributed by atoms with Crippen molar-refractivity contribution in [3.63, 3.8) is 0 Å². The number of fused-ring (bicyclic) bond motifs is 3. The fourth-order valence-electron chi connectivity index (χ4n) is 8.86. The van der Waals surface area contributed by atoms with Crippen LogP contribution in [0.3, 0.4) is 0 Å². The summed E-state index contributed by atoms with van der Waals surface area (Å²) in [4.78, 5) is 51.6. The number of ketones is 1. The lowest BCUT2D eigenvalue weighted by Crippen LogP contribution is -2.75. The van der Waals surface area contributed by atoms with Gasteiger partial charge in [0.25, 0.3) is 0 Å². The Balaban J connectivity index is 1.55. The number of Topliss-reactive ketones (excluding diaryl/α,β-unsaturated/α-hetero) is 1. The molecule has 0 aromatic heterocycles. The molecule has 6 aliphatic rings. The Bertz CT molecular complexity index is 1190. The Kier molecular flexibility index (Phi) is 4.40. The smallest absolute Gasteiger partial charge is 0.339 e. The van der Waals surface area contributed by atoms with Gasteiger partial charge < -0.3 is 29.2 Å². The first kappa shape index (κ1) is 23.8. The minimum Gasteiger partial charge on any atom is -0.456 e. The maximum atomic E-state index is 14.2. The third-order valence-electron chi connectivity index (χ3n) is 10.2. The number of carbonyl (C=O) groups excluding carboxylic acids is 4. The molecule has 10 heteroatoms. The van der Waals surface area contributed by atoms with Crippen LogP contribution < -0.4 is 0 Å². The number of ether oxygens (including phenoxy) is 4. The van der Waals surface area contributed by atoms with Crippen LogP contribution in [0.4, 0.5) is 0 Å². The van der Waals surface area contributed by atoms with Gasteiger partial charge in [-0.1, -0.05) is 19.9 Å². The van der Waals surface area contributed by atoms with E-state index in [1.807, 2.05) is 6.92 Å². The zero-order valence-electron chi connectivity index (χ0n) is 20.8. The third-order valence-corrected chi connectivity index (χ3v) is 10.2. The molecular formula is C26H30O10. The van der Waals surface area contributed by atoms with E-state index in [4.69, 9.17) is 18.9 Å². The first-order chi connectivity index (χ1) is 16.6. The van der Waals surface area contributed by atoms with E-state index in [0.717, 1.165) is 6.08 Å². The SMILES string of the molecule is CC1(C)OC(=O)C=C[C@@]2(C)[C@@H]1CC(=O)[C@]1(C)[C@H]2[C@@H](O)C[C@@]2(C)[C@H](C3=CC(=O)O[C@H]3O)OC(=O)[C@H]3O[C@]321. The number of epoxide rings is 1. The van der Waals surface area contributed by atoms with Crippen molar-refractivity contribution < 1.29 is 48.3 Å². The molecule has 4 aliphatic heterocycles. The molecule has 6 rings (SSSR count). The summed E-state index contributed by atoms with van der Waals surface area (Å²) in [6.45, 7) is 8.94. The average Bonchev–Trinajstić information content (AvgIpc) is 3.47. The normalized spacial score (nSPS) is 52.5. The summed E-state index contributed by atoms with van der Waals surface area (Å²) < 4.78 is 22.4. The summed E-state index contributed by atoms with van der Waals surface area (Å²) in [5, 5.41) is 22.2. The Labute approximate surface area is 207 Å². The van der Waals surface area contributed by atoms with Crippen LogP contribution in [0.15, 0.2) is 23.8 Å². The molecule has 0 unspecified atom stereocenters. The van der Waals surface area contributed by atoms with Gasteiger partial charge >= 0.3 is 17.9 Å². The second-order valence-corrected chi connectivity index (χ2v) is 12.3. The highest BCUT2D eigenvalue weighted by molar-refractivity contribution is 5.94. The molecule has 0 amide bonds. The largest absolute Gasteiger partial charge is 0.456 e. The number of aliphatic hydroxyl groups is 2. The molecule has 2 saturated carbocycles. The highest BCUT2D eigenvalue weighted by Gasteiger charge is 2.89. The number of rotatable bonds is 1. The molecule has 0 bridgehead atoms. The monoisotopic (exact) mass is 502 g/mol. The van der Waals surface area contributed by atoms with Crippen molar-refractivity contribution in [1.29, 1.82) is 0 Å². The summed E-state index contributed by atoms with van der Waals surface area (Å²) in [5.41, 5.74) is -5.65. The molecule has 2 N–H and O–H groups in total. The molecule has 2 saturated heterocycles. The van der Waals surface area contributed by atoms with E-state index in [0.29, 0.717) is 0 Å². The lowest BCUT2D eigenvalue weighted by atomic mass is 9.37. The van der Waals surface area contributed by atoms with Crippen LogP contribution in [0.25, 0.3) is 0 Å². The Morgan fingerprint density at radius 1 is 0.944 bits per heavy atom. The fourth-order valence-corrected chi connectivity index (χ4v) is 8.86. The summed E-state index contributed by atoms with van der Waals surface area (Å²) in [6, 6.07) is 0. The summed E-state index contributed by atoms with van der Waals surface area (Å²) in [6.07, 6.45) is -0.609. The van der Waals surface area contributed by atoms with Gasteiger partial charge in [-0.15, -0.1) is 0 Å². The van der Waals surface area contributed by atoms with Gasteiger partial charge in [-0.05, 0) is 32.6 Å². The predicted octanol–water partition coefficient (Wildman–Crippen LogP) is 0.731. The highest BCUT2D eigenvalue weighted by Crippen LogP contribution is 2.77. The second kappa shape index (κ2) is 6.65. The minimum absolute atomic E-state index is 0.0430. The van der Waals surface area contributed by atoms with Crippen molar-refractivity contribution in [3.05, 3.63) is 23.8 Å². The Morgan fingerprint density at radius 3 is 2.28 bits per heavy atom. The third kappa shape index (κ3) is 2.48. The summed E-state index contributed by atoms with van der Waals surface area (Å²) in [7, 11) is 0. The number of cyclic esters (lactones) is 3. The van der Waals surface area contributed by atoms with Gasteiger partial charge in [-0.3, -0.25) is 4.79 Å². The topological polar surface area (TPSA) is 149 Å². The van der Waals surface area contributed by atoms with Crippen LogP contribution in [-0.2, 0) is 38.1 Å². The molecule has 4 heterocycles. The van der Waals surface area contributed by atoms with Crippen molar-refractivity contribution >= 4 is 23.7 Å². The Morgan fingerprint density at radius 2 is 1.64 bits per heavy atom. The van der Waals surface area contributed by atoms with Crippen molar-refractivity contribution in [1.82, 2.24) is 0 Å². The van der Waals surface area contributed by atoms with Gasteiger partial charge in [0.2, 0.25) is 6.29 Å². The molecule has 1 spiro atoms. The maximum absolute atomic E-state index is 14.2. The van der Waals surface area contributed by atoms with E-state index in [2.05, 4.69) is 0 Å². The second-order valence-electron chi connectivity index (χ2n) is 12.3. The quantitative estimate of drug-likeness (QED) is 0.299. The molecule has 4 fully saturated rings. The van der Waals surface area contributed by atoms with Crippen LogP contribution in [-0.4, -0.2) is 69.7 Å². The number of hydrogen-bond donors (Lipinski definition) is 2. The number of hydrogen-bond acceptors (Lipinski definition) is 10. The molecule has 10 atom stereocenters. The van der Waals surface area contributed by atoms with Crippen molar-refractivity contribution in [2.45, 2.75) is 83.3 Å². The Hall–Kier alpha value is -2.56. The lowest BCUT2D eigenvalue weighted by molar-refractivity contribution is -0.236. The minimum atomic E-state index is -1.61. The average molecular weight is 503 g/mol. The highest BCUT2D eigenvalue weighted by atomic mass is 16.7. The van der Waals surface area contributed by atoms with Crippen molar-refractivity contribution in [2.75, 3.05) is 0 Å². The number of allylic oxidation sites excluding steroid dienone is 1. The molecule has 0 aromatic rings. The fraction of sp³-hybridized carbons (Fsp3) is 0.692. The number of aliphatic hydroxyl groups excluding tert-OH is 2. The van der Waals surface area contributed by atoms with Gasteiger partial charge in [0, 0.05) is 41.4 Å². The van der Waals surface area contributed by atoms with Crippen molar-refractivity contribution in [2.24, 2.45) is 28.1 Å². The summed E-state index contributed by atoms with van der Waals surface area (Å²) >= 11 is 0. The predicted molar refractivity (Wildman–Crippen MR) is 119 cm³/mol. The molecule has 36 heavy (non-hydrogen) atoms. The molecule has 194 valence electrons. The van der Waals surface area contributed by atoms with Crippen LogP contribution >= 0.6 is 0 Å². The van der Waals surface area contributed by atoms with Gasteiger partial charge in [0.1, 0.15) is 23.1 Å². The van der Waals surface area contributed by atoms with E-state index in [1.165, 1.54) is 6.08 Å². The molecule has 0 aromatic carbocycles. The standard InChI is InChI=1S/C26H30O10/c1-22(2)13-9-14(28)25(5)17(23(13,3)7-6-15(29)35-22)12(27)10-24(4)18(11-8-16(30)33-20(11)31)34-21(32)19-26(24,25)36-19/h6-8,12-13,17-20,27,31H,9-10H2,1-5H3/t12-,13+,17-,18-,19+,20+,23-,24-,25+,26+/m0/s1. The van der Waals surface area contributed by atoms with Crippen LogP contribution in [0.2, 0.25) is 0 Å². The molecule has 10 nitrogen and oxygen atoms in total. The van der Waals surface area contributed by atoms with E-state index >= 15 is 0 Å². The summed E-state index contributed by atoms with van der Waals surface area (Å²) in [5.74, 6) is -3.34. The lowest BCUT2D eigenvalue weighted by Gasteiger charge is -2.66.